The molecule has 79 heavy (non-hydrogen) atoms. The standard InChI is InChI=1S/C29H29ClF2N6O2.C27H25ClF2N6O3/c1-3-38-26-14-27(33-2)34-15-17(26)11-21(28(38)39)20-12-25(24(32)13-22(20)30)36-29(40)35-19-6-7-23(31)18(10-19)16-37-8-4-5-9-37;1-14(2)36-23-12-24(34-27(39)35(3)4)31-13-15(23)8-19(25(36)37)18-10-22(21(30)11-20(18)28)33-26(38)32-17-7-5-6-16(29)9-17/h6-7,10-15H,3-5,8-9,16H2,1-2H3,(H,33,34)(H2,35,36,40);5-14H,1-4H3,(H,31,34,39)(H2,32,33,38). The Morgan fingerprint density at radius 1 is 0.646 bits per heavy atom. The lowest BCUT2D eigenvalue weighted by molar-refractivity contribution is 0.230. The molecule has 410 valence electrons. The number of benzene rings is 4. The molecule has 1 aliphatic heterocycles. The first-order valence-corrected chi connectivity index (χ1v) is 25.6. The summed E-state index contributed by atoms with van der Waals surface area (Å²) in [6.07, 6.45) is 5.30. The van der Waals surface area contributed by atoms with Crippen molar-refractivity contribution in [2.75, 3.05) is 66.1 Å². The summed E-state index contributed by atoms with van der Waals surface area (Å²) in [5.74, 6) is -1.62. The maximum atomic E-state index is 14.9. The van der Waals surface area contributed by atoms with Gasteiger partial charge >= 0.3 is 18.1 Å². The third-order valence-corrected chi connectivity index (χ3v) is 13.4. The molecule has 5 heterocycles. The normalized spacial score (nSPS) is 12.3. The molecule has 9 rings (SSSR count). The summed E-state index contributed by atoms with van der Waals surface area (Å²) in [5.41, 5.74) is 1.94. The van der Waals surface area contributed by atoms with Crippen molar-refractivity contribution < 1.29 is 31.9 Å². The van der Waals surface area contributed by atoms with Gasteiger partial charge in [0.1, 0.15) is 34.9 Å². The highest BCUT2D eigenvalue weighted by Gasteiger charge is 2.22. The zero-order valence-electron chi connectivity index (χ0n) is 43.6. The second-order valence-electron chi connectivity index (χ2n) is 18.8. The van der Waals surface area contributed by atoms with Crippen molar-refractivity contribution in [3.05, 3.63) is 163 Å². The second-order valence-corrected chi connectivity index (χ2v) is 19.7. The van der Waals surface area contributed by atoms with Crippen LogP contribution in [0.25, 0.3) is 44.1 Å². The third-order valence-electron chi connectivity index (χ3n) is 12.8. The fraction of sp³-hybridized carbons (Fsp3) is 0.232. The summed E-state index contributed by atoms with van der Waals surface area (Å²) in [5, 5.41) is 16.8. The van der Waals surface area contributed by atoms with Crippen LogP contribution in [-0.4, -0.2) is 81.2 Å². The van der Waals surface area contributed by atoms with Gasteiger partial charge in [-0.25, -0.2) is 41.9 Å². The van der Waals surface area contributed by atoms with Crippen LogP contribution >= 0.6 is 23.2 Å². The lowest BCUT2D eigenvalue weighted by Gasteiger charge is -2.18. The van der Waals surface area contributed by atoms with Gasteiger partial charge in [0.15, 0.2) is 0 Å². The molecule has 1 fully saturated rings. The third kappa shape index (κ3) is 13.1. The zero-order chi connectivity index (χ0) is 56.8. The van der Waals surface area contributed by atoms with E-state index in [1.807, 2.05) is 20.8 Å². The number of aromatic nitrogens is 4. The van der Waals surface area contributed by atoms with Crippen LogP contribution in [0.5, 0.6) is 0 Å². The van der Waals surface area contributed by atoms with E-state index in [0.29, 0.717) is 52.0 Å². The van der Waals surface area contributed by atoms with Gasteiger partial charge < -0.3 is 40.6 Å². The molecule has 0 aliphatic carbocycles. The van der Waals surface area contributed by atoms with Crippen molar-refractivity contribution in [1.29, 1.82) is 0 Å². The van der Waals surface area contributed by atoms with Gasteiger partial charge in [-0.3, -0.25) is 19.8 Å². The molecule has 0 saturated carbocycles. The highest BCUT2D eigenvalue weighted by atomic mass is 35.5. The first kappa shape index (κ1) is 56.7. The molecule has 6 amide bonds. The largest absolute Gasteiger partial charge is 0.373 e. The van der Waals surface area contributed by atoms with Gasteiger partial charge in [0, 0.05) is 115 Å². The van der Waals surface area contributed by atoms with Gasteiger partial charge in [0.2, 0.25) is 0 Å². The number of pyridine rings is 4. The van der Waals surface area contributed by atoms with Crippen molar-refractivity contribution in [3.8, 4) is 22.3 Å². The molecule has 17 nitrogen and oxygen atoms in total. The van der Waals surface area contributed by atoms with Crippen LogP contribution < -0.4 is 43.0 Å². The maximum Gasteiger partial charge on any atom is 0.323 e. The molecule has 0 unspecified atom stereocenters. The van der Waals surface area contributed by atoms with E-state index in [0.717, 1.165) is 44.1 Å². The first-order valence-electron chi connectivity index (χ1n) is 24.9. The van der Waals surface area contributed by atoms with E-state index < -0.39 is 35.1 Å². The number of hydrogen-bond acceptors (Lipinski definition) is 9. The number of aryl methyl sites for hydroxylation is 1. The number of likely N-dealkylation sites (tertiary alicyclic amines) is 1. The molecule has 6 N–H and O–H groups in total. The van der Waals surface area contributed by atoms with Gasteiger partial charge in [0.05, 0.1) is 32.5 Å². The Hall–Kier alpha value is -8.53. The molecular formula is C56H54Cl2F4N12O5. The predicted octanol–water partition coefficient (Wildman–Crippen LogP) is 12.6. The quantitative estimate of drug-likeness (QED) is 0.0644. The van der Waals surface area contributed by atoms with E-state index >= 15 is 0 Å². The minimum Gasteiger partial charge on any atom is -0.373 e. The zero-order valence-corrected chi connectivity index (χ0v) is 45.1. The smallest absolute Gasteiger partial charge is 0.323 e. The van der Waals surface area contributed by atoms with Crippen molar-refractivity contribution in [2.24, 2.45) is 0 Å². The van der Waals surface area contributed by atoms with E-state index in [2.05, 4.69) is 46.8 Å². The molecule has 0 atom stereocenters. The van der Waals surface area contributed by atoms with E-state index in [4.69, 9.17) is 23.2 Å². The Balaban J connectivity index is 0.000000208. The van der Waals surface area contributed by atoms with Gasteiger partial charge in [-0.15, -0.1) is 0 Å². The molecule has 0 bridgehead atoms. The Labute approximate surface area is 460 Å². The summed E-state index contributed by atoms with van der Waals surface area (Å²) >= 11 is 12.8. The highest BCUT2D eigenvalue weighted by molar-refractivity contribution is 6.34. The van der Waals surface area contributed by atoms with E-state index in [-0.39, 0.29) is 78.6 Å². The highest BCUT2D eigenvalue weighted by Crippen LogP contribution is 2.35. The molecule has 23 heteroatoms. The van der Waals surface area contributed by atoms with Crippen molar-refractivity contribution in [2.45, 2.75) is 52.7 Å². The van der Waals surface area contributed by atoms with E-state index in [9.17, 15) is 41.5 Å². The van der Waals surface area contributed by atoms with Gasteiger partial charge in [-0.2, -0.15) is 0 Å². The number of anilines is 6. The van der Waals surface area contributed by atoms with Crippen LogP contribution in [0.15, 0.2) is 113 Å². The van der Waals surface area contributed by atoms with Crippen LogP contribution in [0.2, 0.25) is 10.0 Å². The number of carbonyl (C=O) groups excluding carboxylic acids is 3. The average molecular weight is 1120 g/mol. The van der Waals surface area contributed by atoms with Gasteiger partial charge in [-0.05, 0) is 119 Å². The first-order chi connectivity index (χ1) is 37.7. The summed E-state index contributed by atoms with van der Waals surface area (Å²) in [7, 11) is 4.92. The number of halogens is 6. The number of rotatable bonds is 12. The Morgan fingerprint density at radius 3 is 1.76 bits per heavy atom. The van der Waals surface area contributed by atoms with Crippen LogP contribution in [0.1, 0.15) is 45.2 Å². The number of nitrogens with zero attached hydrogens (tertiary/aromatic N) is 6. The van der Waals surface area contributed by atoms with E-state index in [1.165, 1.54) is 58.1 Å². The van der Waals surface area contributed by atoms with Crippen LogP contribution in [0.4, 0.5) is 66.3 Å². The molecule has 4 aromatic carbocycles. The van der Waals surface area contributed by atoms with Crippen molar-refractivity contribution >= 4 is 97.5 Å². The number of hydrogen-bond donors (Lipinski definition) is 6. The maximum absolute atomic E-state index is 14.9. The SMILES string of the molecule is CC(C)n1c(=O)c(-c2cc(NC(=O)Nc3cccc(F)c3)c(F)cc2Cl)cc2cnc(NC(=O)N(C)C)cc21.CCn1c(=O)c(-c2cc(NC(=O)Nc3ccc(F)c(CN4CCCC4)c3)c(F)cc2Cl)cc2cnc(NC)cc21. The van der Waals surface area contributed by atoms with Crippen molar-refractivity contribution in [1.82, 2.24) is 28.9 Å². The molecule has 1 aliphatic rings. The predicted molar refractivity (Wildman–Crippen MR) is 304 cm³/mol. The number of amides is 6. The molecule has 4 aromatic heterocycles. The lowest BCUT2D eigenvalue weighted by atomic mass is 10.0. The van der Waals surface area contributed by atoms with Crippen LogP contribution in [-0.2, 0) is 13.1 Å². The molecule has 0 spiro atoms. The van der Waals surface area contributed by atoms with E-state index in [1.54, 1.807) is 62.2 Å². The molecule has 1 saturated heterocycles. The fourth-order valence-electron chi connectivity index (χ4n) is 8.94. The van der Waals surface area contributed by atoms with Gasteiger partial charge in [-0.1, -0.05) is 29.3 Å². The lowest BCUT2D eigenvalue weighted by Crippen LogP contribution is -2.28. The van der Waals surface area contributed by atoms with Gasteiger partial charge in [0.25, 0.3) is 11.1 Å². The van der Waals surface area contributed by atoms with Crippen molar-refractivity contribution in [3.63, 3.8) is 0 Å². The number of nitrogens with one attached hydrogen (secondary N) is 6. The van der Waals surface area contributed by atoms with Crippen LogP contribution in [0.3, 0.4) is 0 Å². The molecular weight excluding hydrogens is 1070 g/mol. The number of urea groups is 3. The molecule has 8 aromatic rings. The number of carbonyl (C=O) groups is 3. The average Bonchev–Trinajstić information content (AvgIpc) is 4.05. The summed E-state index contributed by atoms with van der Waals surface area (Å²) in [4.78, 5) is 76.6. The number of fused-ring (bicyclic) bond motifs is 2. The topological polar surface area (TPSA) is 200 Å². The second kappa shape index (κ2) is 24.4. The Morgan fingerprint density at radius 2 is 1.20 bits per heavy atom. The molecule has 0 radical (unpaired) electrons. The Bertz CT molecular complexity index is 3800. The Kier molecular flexibility index (Phi) is 17.5. The minimum atomic E-state index is -0.828. The monoisotopic (exact) mass is 1120 g/mol. The summed E-state index contributed by atoms with van der Waals surface area (Å²) in [6, 6.07) is 18.6. The summed E-state index contributed by atoms with van der Waals surface area (Å²) in [6.45, 7) is 8.14. The minimum absolute atomic E-state index is 0.0208. The van der Waals surface area contributed by atoms with Crippen LogP contribution in [0, 0.1) is 23.3 Å². The summed E-state index contributed by atoms with van der Waals surface area (Å²) < 4.78 is 60.6. The fourth-order valence-corrected chi connectivity index (χ4v) is 9.44.